The Kier molecular flexibility index (Phi) is 5.76. The molecule has 3 heterocycles. The molecule has 6 rings (SSSR count). The summed E-state index contributed by atoms with van der Waals surface area (Å²) in [6.07, 6.45) is 6.93. The van der Waals surface area contributed by atoms with Crippen LogP contribution in [0.2, 0.25) is 0 Å². The number of allylic oxidation sites excluding steroid dienone is 2. The summed E-state index contributed by atoms with van der Waals surface area (Å²) >= 11 is 0. The Morgan fingerprint density at radius 3 is 2.71 bits per heavy atom. The lowest BCUT2D eigenvalue weighted by molar-refractivity contribution is -0.121. The molecule has 2 aliphatic carbocycles. The number of rotatable bonds is 4. The third-order valence-electron chi connectivity index (χ3n) is 8.10. The summed E-state index contributed by atoms with van der Waals surface area (Å²) in [7, 11) is 0. The average molecular weight is 504 g/mol. The molecule has 3 aromatic heterocycles. The second kappa shape index (κ2) is 9.14. The Balaban J connectivity index is 1.54. The molecule has 0 fully saturated rings. The van der Waals surface area contributed by atoms with Gasteiger partial charge in [0, 0.05) is 34.9 Å². The summed E-state index contributed by atoms with van der Waals surface area (Å²) < 4.78 is 15.1. The zero-order valence-corrected chi connectivity index (χ0v) is 21.2. The third-order valence-corrected chi connectivity index (χ3v) is 8.10. The number of nitriles is 1. The van der Waals surface area contributed by atoms with Crippen molar-refractivity contribution >= 4 is 5.78 Å². The van der Waals surface area contributed by atoms with Gasteiger partial charge in [0.05, 0.1) is 17.0 Å². The number of halogens is 1. The molecule has 188 valence electrons. The SMILES string of the molecule is C[C@H]1C(=O)C(C#N)=C[C@@]2(C)c3c(c(-c4ccccn4)nn3-c3ccc(-c4cccc(CF)c4)cn3)CC[C@H]12. The molecule has 0 unspecified atom stereocenters. The predicted molar refractivity (Wildman–Crippen MR) is 142 cm³/mol. The van der Waals surface area contributed by atoms with Gasteiger partial charge in [0.2, 0.25) is 0 Å². The fraction of sp³-hybridized carbons (Fsp3) is 0.258. The first-order valence-electron chi connectivity index (χ1n) is 12.8. The maximum atomic E-state index is 13.2. The van der Waals surface area contributed by atoms with Gasteiger partial charge in [-0.25, -0.2) is 14.1 Å². The molecule has 7 heteroatoms. The van der Waals surface area contributed by atoms with Gasteiger partial charge in [-0.2, -0.15) is 10.4 Å². The van der Waals surface area contributed by atoms with Crippen LogP contribution in [0.3, 0.4) is 0 Å². The predicted octanol–water partition coefficient (Wildman–Crippen LogP) is 5.95. The highest BCUT2D eigenvalue weighted by atomic mass is 19.1. The highest BCUT2D eigenvalue weighted by Gasteiger charge is 2.51. The Labute approximate surface area is 220 Å². The van der Waals surface area contributed by atoms with E-state index in [1.807, 2.05) is 66.2 Å². The van der Waals surface area contributed by atoms with Crippen molar-refractivity contribution in [3.8, 4) is 34.4 Å². The van der Waals surface area contributed by atoms with Crippen LogP contribution < -0.4 is 0 Å². The fourth-order valence-corrected chi connectivity index (χ4v) is 6.24. The van der Waals surface area contributed by atoms with E-state index in [0.29, 0.717) is 11.4 Å². The molecule has 1 aromatic carbocycles. The molecule has 4 aromatic rings. The number of nitrogens with zero attached hydrogens (tertiary/aromatic N) is 5. The highest BCUT2D eigenvalue weighted by molar-refractivity contribution is 6.02. The van der Waals surface area contributed by atoms with Gasteiger partial charge in [0.1, 0.15) is 18.4 Å². The smallest absolute Gasteiger partial charge is 0.176 e. The molecule has 0 saturated carbocycles. The normalized spacial score (nSPS) is 22.3. The molecule has 0 amide bonds. The molecule has 0 aliphatic heterocycles. The fourth-order valence-electron chi connectivity index (χ4n) is 6.24. The first kappa shape index (κ1) is 23.9. The van der Waals surface area contributed by atoms with E-state index in [4.69, 9.17) is 10.1 Å². The number of carbonyl (C=O) groups excluding carboxylic acids is 1. The van der Waals surface area contributed by atoms with E-state index in [2.05, 4.69) is 18.0 Å². The number of hydrogen-bond acceptors (Lipinski definition) is 5. The Morgan fingerprint density at radius 2 is 2.00 bits per heavy atom. The maximum absolute atomic E-state index is 13.2. The standard InChI is InChI=1S/C31H26FN5O/c1-19-25-11-10-24-28(26-8-3-4-13-34-26)36-37(30(24)31(25,2)15-23(17-33)29(19)38)27-12-9-22(18-35-27)21-7-5-6-20(14-21)16-32/h3-9,12-15,18-19,25H,10-11,16H2,1-2H3/t19-,25-,31-/m1/s1. The number of fused-ring (bicyclic) bond motifs is 3. The quantitative estimate of drug-likeness (QED) is 0.343. The summed E-state index contributed by atoms with van der Waals surface area (Å²) in [4.78, 5) is 22.2. The summed E-state index contributed by atoms with van der Waals surface area (Å²) in [5.41, 5.74) is 5.58. The van der Waals surface area contributed by atoms with Crippen LogP contribution in [0.15, 0.2) is 78.6 Å². The van der Waals surface area contributed by atoms with Crippen LogP contribution in [0.5, 0.6) is 0 Å². The molecule has 2 aliphatic rings. The van der Waals surface area contributed by atoms with E-state index in [0.717, 1.165) is 46.6 Å². The van der Waals surface area contributed by atoms with Gasteiger partial charge in [-0.1, -0.05) is 44.2 Å². The van der Waals surface area contributed by atoms with Crippen LogP contribution in [0.25, 0.3) is 28.3 Å². The topological polar surface area (TPSA) is 84.5 Å². The average Bonchev–Trinajstić information content (AvgIpc) is 3.37. The van der Waals surface area contributed by atoms with Gasteiger partial charge in [0.15, 0.2) is 11.6 Å². The lowest BCUT2D eigenvalue weighted by Crippen LogP contribution is -2.46. The van der Waals surface area contributed by atoms with E-state index in [1.54, 1.807) is 18.5 Å². The summed E-state index contributed by atoms with van der Waals surface area (Å²) in [6, 6.07) is 19.1. The molecule has 0 spiro atoms. The van der Waals surface area contributed by atoms with Crippen molar-refractivity contribution in [3.63, 3.8) is 0 Å². The van der Waals surface area contributed by atoms with Crippen LogP contribution >= 0.6 is 0 Å². The van der Waals surface area contributed by atoms with Crippen LogP contribution in [-0.4, -0.2) is 25.5 Å². The second-order valence-corrected chi connectivity index (χ2v) is 10.3. The molecule has 0 saturated heterocycles. The van der Waals surface area contributed by atoms with E-state index in [9.17, 15) is 14.4 Å². The Bertz CT molecular complexity index is 1620. The van der Waals surface area contributed by atoms with Crippen LogP contribution in [0, 0.1) is 23.2 Å². The number of benzene rings is 1. The molecule has 0 radical (unpaired) electrons. The minimum Gasteiger partial charge on any atom is -0.293 e. The molecular formula is C31H26FN5O. The van der Waals surface area contributed by atoms with Crippen LogP contribution in [0.4, 0.5) is 4.39 Å². The van der Waals surface area contributed by atoms with Gasteiger partial charge in [-0.3, -0.25) is 9.78 Å². The summed E-state index contributed by atoms with van der Waals surface area (Å²) in [5, 5.41) is 14.8. The highest BCUT2D eigenvalue weighted by Crippen LogP contribution is 2.51. The number of ketones is 1. The van der Waals surface area contributed by atoms with Crippen LogP contribution in [0.1, 0.15) is 37.1 Å². The van der Waals surface area contributed by atoms with Crippen molar-refractivity contribution in [2.45, 2.75) is 38.8 Å². The summed E-state index contributed by atoms with van der Waals surface area (Å²) in [6.45, 7) is 3.51. The number of pyridine rings is 2. The zero-order chi connectivity index (χ0) is 26.4. The molecule has 0 bridgehead atoms. The van der Waals surface area contributed by atoms with Crippen LogP contribution in [-0.2, 0) is 23.3 Å². The van der Waals surface area contributed by atoms with Crippen molar-refractivity contribution in [1.82, 2.24) is 19.7 Å². The first-order valence-corrected chi connectivity index (χ1v) is 12.8. The molecule has 6 nitrogen and oxygen atoms in total. The van der Waals surface area contributed by atoms with Crippen molar-refractivity contribution in [1.29, 1.82) is 5.26 Å². The van der Waals surface area contributed by atoms with E-state index in [1.165, 1.54) is 0 Å². The number of hydrogen-bond donors (Lipinski definition) is 0. The van der Waals surface area contributed by atoms with E-state index >= 15 is 0 Å². The second-order valence-electron chi connectivity index (χ2n) is 10.3. The number of alkyl halides is 1. The van der Waals surface area contributed by atoms with Gasteiger partial charge in [-0.15, -0.1) is 0 Å². The molecule has 3 atom stereocenters. The van der Waals surface area contributed by atoms with Crippen molar-refractivity contribution in [2.24, 2.45) is 11.8 Å². The number of aromatic nitrogens is 4. The van der Waals surface area contributed by atoms with Crippen molar-refractivity contribution in [3.05, 3.63) is 95.5 Å². The molecular weight excluding hydrogens is 477 g/mol. The van der Waals surface area contributed by atoms with Crippen molar-refractivity contribution < 1.29 is 9.18 Å². The first-order chi connectivity index (χ1) is 18.4. The minimum absolute atomic E-state index is 0.0364. The van der Waals surface area contributed by atoms with Gasteiger partial charge >= 0.3 is 0 Å². The third kappa shape index (κ3) is 3.67. The van der Waals surface area contributed by atoms with Gasteiger partial charge in [0.25, 0.3) is 0 Å². The number of carbonyl (C=O) groups is 1. The van der Waals surface area contributed by atoms with Gasteiger partial charge < -0.3 is 0 Å². The van der Waals surface area contributed by atoms with E-state index in [-0.39, 0.29) is 23.2 Å². The largest absolute Gasteiger partial charge is 0.293 e. The van der Waals surface area contributed by atoms with Gasteiger partial charge in [-0.05, 0) is 60.2 Å². The maximum Gasteiger partial charge on any atom is 0.176 e. The Hall–Kier alpha value is -4.44. The lowest BCUT2D eigenvalue weighted by atomic mass is 9.58. The van der Waals surface area contributed by atoms with Crippen molar-refractivity contribution in [2.75, 3.05) is 0 Å². The Morgan fingerprint density at radius 1 is 1.13 bits per heavy atom. The number of Topliss-reactive ketones (excluding diaryl/α,β-unsaturated/α-hetero) is 1. The summed E-state index contributed by atoms with van der Waals surface area (Å²) in [5.74, 6) is 0.307. The molecule has 38 heavy (non-hydrogen) atoms. The molecule has 0 N–H and O–H groups in total. The minimum atomic E-state index is -0.582. The lowest BCUT2D eigenvalue weighted by Gasteiger charge is -2.45. The van der Waals surface area contributed by atoms with E-state index < -0.39 is 12.1 Å². The monoisotopic (exact) mass is 503 g/mol. The zero-order valence-electron chi connectivity index (χ0n) is 21.2.